The molecule has 10 aliphatic heterocycles. The summed E-state index contributed by atoms with van der Waals surface area (Å²) in [5, 5.41) is 34.3. The van der Waals surface area contributed by atoms with E-state index in [-0.39, 0.29) is 85.5 Å². The van der Waals surface area contributed by atoms with Crippen LogP contribution in [0.3, 0.4) is 0 Å². The van der Waals surface area contributed by atoms with E-state index in [4.69, 9.17) is 56.1 Å². The van der Waals surface area contributed by atoms with Crippen molar-refractivity contribution in [1.82, 2.24) is 0 Å². The summed E-state index contributed by atoms with van der Waals surface area (Å²) in [6.45, 7) is 23.1. The fourth-order valence-corrected chi connectivity index (χ4v) is 16.7. The van der Waals surface area contributed by atoms with Crippen molar-refractivity contribution in [2.45, 2.75) is 275 Å². The molecule has 79 heavy (non-hydrogen) atoms. The van der Waals surface area contributed by atoms with Crippen molar-refractivity contribution in [3.63, 3.8) is 0 Å². The molecule has 1 saturated carbocycles. The fraction of sp³-hybridized carbons (Fsp3) is 0.857. The van der Waals surface area contributed by atoms with Gasteiger partial charge in [0.15, 0.2) is 0 Å². The van der Waals surface area contributed by atoms with Crippen molar-refractivity contribution in [3.05, 3.63) is 49.1 Å². The molecule has 11 fully saturated rings. The molecular formula is C56H84O21S2. The molecule has 11 rings (SSSR count). The summed E-state index contributed by atoms with van der Waals surface area (Å²) in [7, 11) is -9.74. The Kier molecular flexibility index (Phi) is 15.9. The van der Waals surface area contributed by atoms with Crippen LogP contribution >= 0.6 is 0 Å². The first kappa shape index (κ1) is 58.9. The van der Waals surface area contributed by atoms with Gasteiger partial charge in [-0.15, -0.1) is 6.58 Å². The average Bonchev–Trinajstić information content (AvgIpc) is 3.52. The highest BCUT2D eigenvalue weighted by Crippen LogP contribution is 2.55. The predicted molar refractivity (Wildman–Crippen MR) is 280 cm³/mol. The largest absolute Gasteiger partial charge is 0.397 e. The summed E-state index contributed by atoms with van der Waals surface area (Å²) in [5.41, 5.74) is -3.78. The highest BCUT2D eigenvalue weighted by Gasteiger charge is 2.65. The fourth-order valence-electron chi connectivity index (χ4n) is 15.9. The van der Waals surface area contributed by atoms with Gasteiger partial charge in [-0.1, -0.05) is 43.9 Å². The summed E-state index contributed by atoms with van der Waals surface area (Å²) in [6.07, 6.45) is 2.04. The van der Waals surface area contributed by atoms with Crippen LogP contribution in [0.15, 0.2) is 49.1 Å². The molecule has 0 aromatic heterocycles. The van der Waals surface area contributed by atoms with Gasteiger partial charge in [0.2, 0.25) is 0 Å². The van der Waals surface area contributed by atoms with E-state index in [2.05, 4.69) is 44.7 Å². The maximum Gasteiger partial charge on any atom is 0.397 e. The van der Waals surface area contributed by atoms with Crippen LogP contribution in [0.1, 0.15) is 131 Å². The number of hydrogen-bond donors (Lipinski definition) is 5. The van der Waals surface area contributed by atoms with Crippen molar-refractivity contribution in [1.29, 1.82) is 0 Å². The van der Waals surface area contributed by atoms with E-state index < -0.39 is 116 Å². The second kappa shape index (κ2) is 21.3. The second-order valence-corrected chi connectivity index (χ2v) is 28.3. The molecule has 446 valence electrons. The van der Waals surface area contributed by atoms with Gasteiger partial charge < -0.3 is 62.7 Å². The minimum absolute atomic E-state index is 0.00139. The molecular weight excluding hydrogens is 1070 g/mol. The maximum atomic E-state index is 12.4. The molecule has 10 heterocycles. The number of rotatable bonds is 11. The van der Waals surface area contributed by atoms with Gasteiger partial charge in [-0.2, -0.15) is 16.8 Å². The molecule has 0 aromatic rings. The number of fused-ring (bicyclic) bond motifs is 10. The van der Waals surface area contributed by atoms with Crippen LogP contribution in [0.4, 0.5) is 0 Å². The lowest BCUT2D eigenvalue weighted by atomic mass is 9.64. The van der Waals surface area contributed by atoms with Crippen molar-refractivity contribution >= 4 is 20.8 Å². The van der Waals surface area contributed by atoms with E-state index in [1.54, 1.807) is 19.1 Å². The Labute approximate surface area is 464 Å². The zero-order valence-corrected chi connectivity index (χ0v) is 47.9. The standard InChI is InChI=1S/C56H84O21S2/c1-10-33(57)28(2)11-14-52(5,59)32-20-31-21-48-56(9,75-35(31)19-30(32)4)51(58)50-44(72-48)25-43-49(73-50)29(3)12-15-54(7)46(71-43)27-45-55(8,77-54)16-13-34-36(70-45)22-38-37(67-34)23-39-40(68-38)24-42-41(69-39)26-47(76-79(63,64)65)53(6,74-42)17-18-66-78(60,61)62/h10-11,14,29,31-51,57-59H,1-2,4,12-13,15-27H2,3,5-9H3,(H,60,61,62)(H,63,64,65)/b14-11+/t29-,31+,32-,33+,34-,35-,36+,37+,38-,39-,40+,41+,42-,43-,44+,45-,46+,47-,48-,49+,50+,51+,52+,53+,54-,55+,56-/m0/s1. The van der Waals surface area contributed by atoms with Gasteiger partial charge in [-0.25, -0.2) is 8.37 Å². The molecule has 5 N–H and O–H groups in total. The van der Waals surface area contributed by atoms with E-state index in [1.165, 1.54) is 13.0 Å². The Balaban J connectivity index is 0.748. The minimum atomic E-state index is -4.95. The summed E-state index contributed by atoms with van der Waals surface area (Å²) in [6, 6.07) is 0. The third-order valence-corrected chi connectivity index (χ3v) is 21.4. The van der Waals surface area contributed by atoms with Gasteiger partial charge in [0.1, 0.15) is 23.9 Å². The third kappa shape index (κ3) is 11.5. The van der Waals surface area contributed by atoms with Crippen LogP contribution in [-0.2, 0) is 76.5 Å². The maximum absolute atomic E-state index is 12.4. The van der Waals surface area contributed by atoms with Gasteiger partial charge in [-0.3, -0.25) is 9.11 Å². The summed E-state index contributed by atoms with van der Waals surface area (Å²) in [4.78, 5) is 0. The first-order valence-corrected chi connectivity index (χ1v) is 31.4. The molecule has 0 aromatic carbocycles. The zero-order chi connectivity index (χ0) is 56.6. The zero-order valence-electron chi connectivity index (χ0n) is 46.2. The normalized spacial score (nSPS) is 50.9. The highest BCUT2D eigenvalue weighted by molar-refractivity contribution is 7.81. The van der Waals surface area contributed by atoms with E-state index in [1.807, 2.05) is 6.92 Å². The summed E-state index contributed by atoms with van der Waals surface area (Å²) in [5.74, 6) is -0.191. The van der Waals surface area contributed by atoms with Crippen molar-refractivity contribution < 1.29 is 97.0 Å². The minimum Gasteiger partial charge on any atom is -0.387 e. The van der Waals surface area contributed by atoms with Crippen LogP contribution in [0, 0.1) is 17.8 Å². The second-order valence-electron chi connectivity index (χ2n) is 26.1. The Hall–Kier alpha value is -1.82. The molecule has 0 bridgehead atoms. The number of ether oxygens (including phenoxy) is 10. The van der Waals surface area contributed by atoms with Crippen LogP contribution in [-0.4, -0.2) is 192 Å². The first-order valence-electron chi connectivity index (χ1n) is 28.6. The lowest BCUT2D eigenvalue weighted by Crippen LogP contribution is -2.73. The molecule has 1 aliphatic carbocycles. The first-order chi connectivity index (χ1) is 36.9. The number of aliphatic hydroxyl groups excluding tert-OH is 2. The Bertz CT molecular complexity index is 2580. The van der Waals surface area contributed by atoms with Crippen LogP contribution in [0.2, 0.25) is 0 Å². The molecule has 0 radical (unpaired) electrons. The average molecular weight is 1160 g/mol. The smallest absolute Gasteiger partial charge is 0.387 e. The lowest BCUT2D eigenvalue weighted by molar-refractivity contribution is -0.363. The third-order valence-electron chi connectivity index (χ3n) is 20.5. The van der Waals surface area contributed by atoms with Gasteiger partial charge >= 0.3 is 20.8 Å². The van der Waals surface area contributed by atoms with Crippen LogP contribution in [0.5, 0.6) is 0 Å². The summed E-state index contributed by atoms with van der Waals surface area (Å²) < 4.78 is 144. The molecule has 0 unspecified atom stereocenters. The van der Waals surface area contributed by atoms with Crippen LogP contribution in [0.25, 0.3) is 0 Å². The van der Waals surface area contributed by atoms with E-state index >= 15 is 0 Å². The van der Waals surface area contributed by atoms with Crippen molar-refractivity contribution in [2.24, 2.45) is 17.8 Å². The number of aliphatic hydroxyl groups is 3. The topological polar surface area (TPSA) is 280 Å². The van der Waals surface area contributed by atoms with Gasteiger partial charge in [-0.05, 0) is 97.0 Å². The van der Waals surface area contributed by atoms with E-state index in [0.29, 0.717) is 69.8 Å². The Morgan fingerprint density at radius 3 is 1.94 bits per heavy atom. The Morgan fingerprint density at radius 2 is 1.29 bits per heavy atom. The van der Waals surface area contributed by atoms with E-state index in [9.17, 15) is 36.7 Å². The molecule has 23 heteroatoms. The number of hydrogen-bond acceptors (Lipinski definition) is 19. The monoisotopic (exact) mass is 1160 g/mol. The quantitative estimate of drug-likeness (QED) is 0.105. The molecule has 27 atom stereocenters. The lowest BCUT2D eigenvalue weighted by Gasteiger charge is -2.61. The van der Waals surface area contributed by atoms with Crippen molar-refractivity contribution in [2.75, 3.05) is 6.61 Å². The highest BCUT2D eigenvalue weighted by atomic mass is 32.3. The van der Waals surface area contributed by atoms with Gasteiger partial charge in [0, 0.05) is 50.9 Å². The predicted octanol–water partition coefficient (Wildman–Crippen LogP) is 4.90. The summed E-state index contributed by atoms with van der Waals surface area (Å²) >= 11 is 0. The molecule has 10 saturated heterocycles. The SMILES string of the molecule is C=C[C@@H](O)C(=C)/C=C/[C@@](C)(O)[C@H]1C[C@@H]2C[C@@H]3O[C@@H]4C[C@@H]5O[C@@H]6C[C@@H]7O[C@@H]8C[C@@H]9O[C@@H]%10C[C@@H]%11O[C@](C)(CCOS(=O)(=O)O)[C@@H](OS(=O)(=O)O)C[C@H]%11O[C@H]%10C[C@H]9O[C@H]8CC[C@@]7(C)O[C@@]6(C)CC[C@H](C)[C@H]5O[C@H]4[C@@H](O)[C@@]3(C)O[C@H]2CC1=C. The van der Waals surface area contributed by atoms with Gasteiger partial charge in [0.05, 0.1) is 127 Å². The molecule has 11 aliphatic rings. The van der Waals surface area contributed by atoms with Crippen LogP contribution < -0.4 is 0 Å². The van der Waals surface area contributed by atoms with E-state index in [0.717, 1.165) is 18.4 Å². The molecule has 21 nitrogen and oxygen atoms in total. The van der Waals surface area contributed by atoms with Gasteiger partial charge in [0.25, 0.3) is 0 Å². The van der Waals surface area contributed by atoms with Crippen molar-refractivity contribution in [3.8, 4) is 0 Å². The Morgan fingerprint density at radius 1 is 0.722 bits per heavy atom. The molecule has 0 amide bonds. The molecule has 0 spiro atoms.